The zero-order valence-electron chi connectivity index (χ0n) is 15.7. The van der Waals surface area contributed by atoms with E-state index in [4.69, 9.17) is 18.8 Å². The third kappa shape index (κ3) is 3.53. The standard InChI is InChI=1S/C18H25BN2O4/c1-17(2)18(3,4)25-19(24-17)15-11-21(5)20-16(15)23-12-13-7-9-14(22-6)10-8-13/h7-11H,12H2,1-6H3. The van der Waals surface area contributed by atoms with Crippen molar-refractivity contribution >= 4 is 12.6 Å². The molecule has 0 bridgehead atoms. The second-order valence-electron chi connectivity index (χ2n) is 7.29. The van der Waals surface area contributed by atoms with E-state index < -0.39 is 18.3 Å². The third-order valence-corrected chi connectivity index (χ3v) is 4.86. The Labute approximate surface area is 149 Å². The van der Waals surface area contributed by atoms with E-state index in [1.165, 1.54) is 0 Å². The van der Waals surface area contributed by atoms with E-state index >= 15 is 0 Å². The zero-order valence-corrected chi connectivity index (χ0v) is 15.7. The normalized spacial score (nSPS) is 18.4. The molecule has 1 aromatic carbocycles. The molecule has 1 aliphatic rings. The first kappa shape index (κ1) is 17.8. The zero-order chi connectivity index (χ0) is 18.2. The van der Waals surface area contributed by atoms with Gasteiger partial charge in [-0.1, -0.05) is 12.1 Å². The molecular formula is C18H25BN2O4. The molecule has 0 saturated carbocycles. The minimum atomic E-state index is -0.496. The summed E-state index contributed by atoms with van der Waals surface area (Å²) < 4.78 is 25.0. The largest absolute Gasteiger partial charge is 0.502 e. The number of aryl methyl sites for hydroxylation is 1. The summed E-state index contributed by atoms with van der Waals surface area (Å²) in [6, 6.07) is 7.75. The summed E-state index contributed by atoms with van der Waals surface area (Å²) in [6.45, 7) is 8.53. The van der Waals surface area contributed by atoms with Crippen molar-refractivity contribution in [1.29, 1.82) is 0 Å². The van der Waals surface area contributed by atoms with Gasteiger partial charge < -0.3 is 18.8 Å². The van der Waals surface area contributed by atoms with Crippen LogP contribution in [0.15, 0.2) is 30.5 Å². The van der Waals surface area contributed by atoms with E-state index in [1.807, 2.05) is 65.2 Å². The Balaban J connectivity index is 1.75. The topological polar surface area (TPSA) is 54.7 Å². The number of rotatable bonds is 5. The van der Waals surface area contributed by atoms with Crippen molar-refractivity contribution in [2.75, 3.05) is 7.11 Å². The van der Waals surface area contributed by atoms with Crippen LogP contribution in [0.2, 0.25) is 0 Å². The molecule has 2 aromatic rings. The maximum Gasteiger partial charge on any atom is 0.502 e. The number of aromatic nitrogens is 2. The second-order valence-corrected chi connectivity index (χ2v) is 7.29. The van der Waals surface area contributed by atoms with Crippen LogP contribution in [-0.2, 0) is 23.0 Å². The van der Waals surface area contributed by atoms with Crippen LogP contribution in [0, 0.1) is 0 Å². The lowest BCUT2D eigenvalue weighted by atomic mass is 9.81. The lowest BCUT2D eigenvalue weighted by molar-refractivity contribution is 0.00578. The van der Waals surface area contributed by atoms with E-state index in [9.17, 15) is 0 Å². The van der Waals surface area contributed by atoms with Crippen LogP contribution in [0.5, 0.6) is 11.6 Å². The summed E-state index contributed by atoms with van der Waals surface area (Å²) in [5, 5.41) is 4.41. The first-order chi connectivity index (χ1) is 11.7. The van der Waals surface area contributed by atoms with Crippen LogP contribution in [0.1, 0.15) is 33.3 Å². The highest BCUT2D eigenvalue weighted by atomic mass is 16.7. The molecule has 2 heterocycles. The molecule has 25 heavy (non-hydrogen) atoms. The minimum absolute atomic E-state index is 0.402. The maximum absolute atomic E-state index is 6.11. The Kier molecular flexibility index (Phi) is 4.55. The highest BCUT2D eigenvalue weighted by Gasteiger charge is 2.53. The smallest absolute Gasteiger partial charge is 0.497 e. The minimum Gasteiger partial charge on any atom is -0.497 e. The van der Waals surface area contributed by atoms with E-state index in [1.54, 1.807) is 11.8 Å². The quantitative estimate of drug-likeness (QED) is 0.779. The van der Waals surface area contributed by atoms with Crippen LogP contribution in [0.3, 0.4) is 0 Å². The molecular weight excluding hydrogens is 319 g/mol. The Morgan fingerprint density at radius 3 is 2.24 bits per heavy atom. The van der Waals surface area contributed by atoms with Crippen molar-refractivity contribution in [1.82, 2.24) is 9.78 Å². The summed E-state index contributed by atoms with van der Waals surface area (Å²) in [6.07, 6.45) is 1.88. The molecule has 0 spiro atoms. The molecule has 0 N–H and O–H groups in total. The predicted molar refractivity (Wildman–Crippen MR) is 96.3 cm³/mol. The van der Waals surface area contributed by atoms with Crippen molar-refractivity contribution in [2.45, 2.75) is 45.5 Å². The van der Waals surface area contributed by atoms with Crippen LogP contribution in [-0.4, -0.2) is 35.2 Å². The average molecular weight is 344 g/mol. The van der Waals surface area contributed by atoms with Crippen LogP contribution >= 0.6 is 0 Å². The van der Waals surface area contributed by atoms with Crippen LogP contribution in [0.4, 0.5) is 0 Å². The molecule has 0 unspecified atom stereocenters. The number of benzene rings is 1. The fraction of sp³-hybridized carbons (Fsp3) is 0.500. The SMILES string of the molecule is COc1ccc(COc2nn(C)cc2B2OC(C)(C)C(C)(C)O2)cc1. The Hall–Kier alpha value is -1.99. The van der Waals surface area contributed by atoms with E-state index in [0.717, 1.165) is 16.8 Å². The van der Waals surface area contributed by atoms with Gasteiger partial charge in [0.1, 0.15) is 12.4 Å². The van der Waals surface area contributed by atoms with Crippen molar-refractivity contribution < 1.29 is 18.8 Å². The van der Waals surface area contributed by atoms with Gasteiger partial charge in [0.05, 0.1) is 23.8 Å². The number of nitrogens with zero attached hydrogens (tertiary/aromatic N) is 2. The summed E-state index contributed by atoms with van der Waals surface area (Å²) in [4.78, 5) is 0. The Bertz CT molecular complexity index is 724. The van der Waals surface area contributed by atoms with Gasteiger partial charge in [0.25, 0.3) is 0 Å². The fourth-order valence-corrected chi connectivity index (χ4v) is 2.60. The molecule has 6 nitrogen and oxygen atoms in total. The molecule has 0 amide bonds. The van der Waals surface area contributed by atoms with Gasteiger partial charge in [0.2, 0.25) is 5.88 Å². The monoisotopic (exact) mass is 344 g/mol. The van der Waals surface area contributed by atoms with E-state index in [2.05, 4.69) is 5.10 Å². The summed E-state index contributed by atoms with van der Waals surface area (Å²) in [5.74, 6) is 1.34. The molecule has 0 atom stereocenters. The predicted octanol–water partition coefficient (Wildman–Crippen LogP) is 2.31. The molecule has 3 rings (SSSR count). The fourth-order valence-electron chi connectivity index (χ4n) is 2.60. The summed E-state index contributed by atoms with van der Waals surface area (Å²) >= 11 is 0. The average Bonchev–Trinajstić information content (AvgIpc) is 3.02. The van der Waals surface area contributed by atoms with E-state index in [-0.39, 0.29) is 0 Å². The number of methoxy groups -OCH3 is 1. The van der Waals surface area contributed by atoms with Crippen molar-refractivity contribution in [3.05, 3.63) is 36.0 Å². The molecule has 0 aliphatic carbocycles. The van der Waals surface area contributed by atoms with Gasteiger partial charge in [-0.05, 0) is 45.4 Å². The number of hydrogen-bond donors (Lipinski definition) is 0. The van der Waals surface area contributed by atoms with Crippen LogP contribution in [0.25, 0.3) is 0 Å². The van der Waals surface area contributed by atoms with Gasteiger partial charge in [-0.2, -0.15) is 0 Å². The molecule has 1 saturated heterocycles. The van der Waals surface area contributed by atoms with Gasteiger partial charge in [0, 0.05) is 13.2 Å². The second kappa shape index (κ2) is 6.39. The van der Waals surface area contributed by atoms with Crippen molar-refractivity contribution in [2.24, 2.45) is 7.05 Å². The molecule has 1 aliphatic heterocycles. The van der Waals surface area contributed by atoms with Gasteiger partial charge in [0.15, 0.2) is 0 Å². The third-order valence-electron chi connectivity index (χ3n) is 4.86. The van der Waals surface area contributed by atoms with E-state index in [0.29, 0.717) is 12.5 Å². The molecule has 1 fully saturated rings. The van der Waals surface area contributed by atoms with Gasteiger partial charge in [-0.3, -0.25) is 4.68 Å². The van der Waals surface area contributed by atoms with Gasteiger partial charge in [-0.25, -0.2) is 0 Å². The highest BCUT2D eigenvalue weighted by Crippen LogP contribution is 2.37. The first-order valence-corrected chi connectivity index (χ1v) is 8.37. The van der Waals surface area contributed by atoms with Gasteiger partial charge in [-0.15, -0.1) is 5.10 Å². The van der Waals surface area contributed by atoms with Crippen molar-refractivity contribution in [3.63, 3.8) is 0 Å². The lowest BCUT2D eigenvalue weighted by Crippen LogP contribution is -2.41. The van der Waals surface area contributed by atoms with Gasteiger partial charge >= 0.3 is 7.12 Å². The Morgan fingerprint density at radius 1 is 1.08 bits per heavy atom. The summed E-state index contributed by atoms with van der Waals surface area (Å²) in [5.41, 5.74) is 1.03. The molecule has 134 valence electrons. The maximum atomic E-state index is 6.11. The summed E-state index contributed by atoms with van der Waals surface area (Å²) in [7, 11) is 3.01. The number of hydrogen-bond acceptors (Lipinski definition) is 5. The van der Waals surface area contributed by atoms with Crippen molar-refractivity contribution in [3.8, 4) is 11.6 Å². The molecule has 1 aromatic heterocycles. The Morgan fingerprint density at radius 2 is 1.68 bits per heavy atom. The van der Waals surface area contributed by atoms with Crippen LogP contribution < -0.4 is 14.9 Å². The highest BCUT2D eigenvalue weighted by molar-refractivity contribution is 6.63. The molecule has 0 radical (unpaired) electrons. The first-order valence-electron chi connectivity index (χ1n) is 8.37. The molecule has 7 heteroatoms. The lowest BCUT2D eigenvalue weighted by Gasteiger charge is -2.32. The number of ether oxygens (including phenoxy) is 2.